The molecule has 0 radical (unpaired) electrons. The first-order chi connectivity index (χ1) is 5.34. The summed E-state index contributed by atoms with van der Waals surface area (Å²) >= 11 is 0. The first-order valence-electron chi connectivity index (χ1n) is 3.88. The van der Waals surface area contributed by atoms with Gasteiger partial charge in [-0.3, -0.25) is 0 Å². The third-order valence-electron chi connectivity index (χ3n) is 1.58. The van der Waals surface area contributed by atoms with Crippen molar-refractivity contribution < 1.29 is 0 Å². The number of nitrogens with one attached hydrogen (secondary N) is 1. The molecule has 0 aliphatic heterocycles. The van der Waals surface area contributed by atoms with Crippen LogP contribution >= 0.6 is 0 Å². The monoisotopic (exact) mass is 154 g/mol. The van der Waals surface area contributed by atoms with Gasteiger partial charge >= 0.3 is 0 Å². The molecule has 0 fully saturated rings. The second kappa shape index (κ2) is 4.08. The first kappa shape index (κ1) is 8.20. The van der Waals surface area contributed by atoms with Crippen LogP contribution in [0.15, 0.2) is 6.33 Å². The Bertz CT molecular complexity index is 206. The zero-order chi connectivity index (χ0) is 8.10. The molecular weight excluding hydrogens is 140 g/mol. The summed E-state index contributed by atoms with van der Waals surface area (Å²) in [4.78, 5) is 0. The standard InChI is InChI=1S/C7H14N4/c1-3-8-5-4-7-10-9-6-11(7)2/h6,8H,3-5H2,1-2H3. The molecule has 4 heteroatoms. The molecule has 0 saturated carbocycles. The number of rotatable bonds is 4. The Balaban J connectivity index is 2.32. The zero-order valence-corrected chi connectivity index (χ0v) is 7.04. The van der Waals surface area contributed by atoms with E-state index < -0.39 is 0 Å². The molecule has 0 saturated heterocycles. The van der Waals surface area contributed by atoms with Gasteiger partial charge in [0.15, 0.2) is 0 Å². The fraction of sp³-hybridized carbons (Fsp3) is 0.714. The van der Waals surface area contributed by atoms with Crippen molar-refractivity contribution in [1.82, 2.24) is 20.1 Å². The van der Waals surface area contributed by atoms with Crippen molar-refractivity contribution in [2.24, 2.45) is 7.05 Å². The summed E-state index contributed by atoms with van der Waals surface area (Å²) in [5.41, 5.74) is 0. The van der Waals surface area contributed by atoms with Gasteiger partial charge in [0, 0.05) is 20.0 Å². The smallest absolute Gasteiger partial charge is 0.133 e. The van der Waals surface area contributed by atoms with Gasteiger partial charge in [-0.15, -0.1) is 10.2 Å². The second-order valence-electron chi connectivity index (χ2n) is 2.46. The van der Waals surface area contributed by atoms with Gasteiger partial charge in [-0.05, 0) is 6.54 Å². The van der Waals surface area contributed by atoms with E-state index in [-0.39, 0.29) is 0 Å². The summed E-state index contributed by atoms with van der Waals surface area (Å²) in [5.74, 6) is 1.03. The number of nitrogens with zero attached hydrogens (tertiary/aromatic N) is 3. The number of aromatic nitrogens is 3. The minimum atomic E-state index is 0.949. The van der Waals surface area contributed by atoms with E-state index in [9.17, 15) is 0 Å². The van der Waals surface area contributed by atoms with Crippen molar-refractivity contribution in [1.29, 1.82) is 0 Å². The van der Waals surface area contributed by atoms with Crippen LogP contribution < -0.4 is 5.32 Å². The normalized spacial score (nSPS) is 10.4. The molecule has 0 aliphatic carbocycles. The fourth-order valence-electron chi connectivity index (χ4n) is 0.910. The molecule has 4 nitrogen and oxygen atoms in total. The highest BCUT2D eigenvalue weighted by Crippen LogP contribution is 1.90. The summed E-state index contributed by atoms with van der Waals surface area (Å²) in [6.07, 6.45) is 2.67. The van der Waals surface area contributed by atoms with Crippen molar-refractivity contribution in [2.75, 3.05) is 13.1 Å². The van der Waals surface area contributed by atoms with Crippen molar-refractivity contribution in [3.8, 4) is 0 Å². The molecule has 0 unspecified atom stereocenters. The average Bonchev–Trinajstić information content (AvgIpc) is 2.37. The van der Waals surface area contributed by atoms with Crippen LogP contribution in [0.3, 0.4) is 0 Å². The third-order valence-corrected chi connectivity index (χ3v) is 1.58. The lowest BCUT2D eigenvalue weighted by Crippen LogP contribution is -2.17. The largest absolute Gasteiger partial charge is 0.321 e. The topological polar surface area (TPSA) is 42.7 Å². The predicted molar refractivity (Wildman–Crippen MR) is 43.3 cm³/mol. The maximum atomic E-state index is 3.96. The van der Waals surface area contributed by atoms with Crippen LogP contribution in [0.25, 0.3) is 0 Å². The summed E-state index contributed by atoms with van der Waals surface area (Å²) < 4.78 is 1.94. The van der Waals surface area contributed by atoms with Gasteiger partial charge in [0.25, 0.3) is 0 Å². The van der Waals surface area contributed by atoms with Gasteiger partial charge in [-0.25, -0.2) is 0 Å². The molecule has 0 bridgehead atoms. The average molecular weight is 154 g/mol. The maximum absolute atomic E-state index is 3.96. The SMILES string of the molecule is CCNCCc1nncn1C. The van der Waals surface area contributed by atoms with Gasteiger partial charge in [-0.2, -0.15) is 0 Å². The van der Waals surface area contributed by atoms with Crippen LogP contribution in [-0.4, -0.2) is 27.9 Å². The summed E-state index contributed by atoms with van der Waals surface area (Å²) in [7, 11) is 1.96. The lowest BCUT2D eigenvalue weighted by molar-refractivity contribution is 0.674. The molecule has 11 heavy (non-hydrogen) atoms. The van der Waals surface area contributed by atoms with Gasteiger partial charge in [0.2, 0.25) is 0 Å². The quantitative estimate of drug-likeness (QED) is 0.619. The van der Waals surface area contributed by atoms with E-state index in [0.717, 1.165) is 25.3 Å². The van der Waals surface area contributed by atoms with Gasteiger partial charge in [0.1, 0.15) is 12.2 Å². The molecule has 0 aliphatic rings. The van der Waals surface area contributed by atoms with E-state index in [1.807, 2.05) is 11.6 Å². The molecular formula is C7H14N4. The Kier molecular flexibility index (Phi) is 3.04. The van der Waals surface area contributed by atoms with Crippen LogP contribution in [0.5, 0.6) is 0 Å². The van der Waals surface area contributed by atoms with Gasteiger partial charge in [0.05, 0.1) is 0 Å². The Hall–Kier alpha value is -0.900. The lowest BCUT2D eigenvalue weighted by Gasteiger charge is -1.99. The predicted octanol–water partition coefficient (Wildman–Crippen LogP) is -0.0329. The molecule has 0 amide bonds. The molecule has 0 spiro atoms. The number of likely N-dealkylation sites (N-methyl/N-ethyl adjacent to an activating group) is 1. The highest BCUT2D eigenvalue weighted by Gasteiger charge is 1.97. The minimum absolute atomic E-state index is 0.949. The fourth-order valence-corrected chi connectivity index (χ4v) is 0.910. The second-order valence-corrected chi connectivity index (χ2v) is 2.46. The molecule has 0 atom stereocenters. The summed E-state index contributed by atoms with van der Waals surface area (Å²) in [6, 6.07) is 0. The van der Waals surface area contributed by atoms with E-state index >= 15 is 0 Å². The van der Waals surface area contributed by atoms with E-state index in [4.69, 9.17) is 0 Å². The van der Waals surface area contributed by atoms with E-state index in [1.165, 1.54) is 0 Å². The van der Waals surface area contributed by atoms with Crippen LogP contribution in [0.4, 0.5) is 0 Å². The van der Waals surface area contributed by atoms with Crippen molar-refractivity contribution in [3.63, 3.8) is 0 Å². The van der Waals surface area contributed by atoms with E-state index in [2.05, 4.69) is 22.4 Å². The molecule has 62 valence electrons. The van der Waals surface area contributed by atoms with Crippen molar-refractivity contribution in [3.05, 3.63) is 12.2 Å². The van der Waals surface area contributed by atoms with Crippen molar-refractivity contribution in [2.45, 2.75) is 13.3 Å². The third kappa shape index (κ3) is 2.31. The Morgan fingerprint density at radius 2 is 2.45 bits per heavy atom. The zero-order valence-electron chi connectivity index (χ0n) is 7.04. The summed E-state index contributed by atoms with van der Waals surface area (Å²) in [6.45, 7) is 4.08. The number of hydrogen-bond acceptors (Lipinski definition) is 3. The molecule has 1 N–H and O–H groups in total. The maximum Gasteiger partial charge on any atom is 0.133 e. The van der Waals surface area contributed by atoms with Crippen LogP contribution in [0, 0.1) is 0 Å². The highest BCUT2D eigenvalue weighted by atomic mass is 15.2. The summed E-state index contributed by atoms with van der Waals surface area (Å²) in [5, 5.41) is 11.0. The van der Waals surface area contributed by atoms with E-state index in [1.54, 1.807) is 6.33 Å². The van der Waals surface area contributed by atoms with Crippen LogP contribution in [0.2, 0.25) is 0 Å². The van der Waals surface area contributed by atoms with Gasteiger partial charge in [-0.1, -0.05) is 6.92 Å². The number of hydrogen-bond donors (Lipinski definition) is 1. The Morgan fingerprint density at radius 1 is 1.64 bits per heavy atom. The minimum Gasteiger partial charge on any atom is -0.321 e. The van der Waals surface area contributed by atoms with Crippen LogP contribution in [-0.2, 0) is 13.5 Å². The highest BCUT2D eigenvalue weighted by molar-refractivity contribution is 4.84. The number of aryl methyl sites for hydroxylation is 1. The molecule has 1 heterocycles. The Morgan fingerprint density at radius 3 is 3.00 bits per heavy atom. The first-order valence-corrected chi connectivity index (χ1v) is 3.88. The molecule has 1 aromatic heterocycles. The molecule has 0 aromatic carbocycles. The Labute approximate surface area is 66.6 Å². The van der Waals surface area contributed by atoms with Gasteiger partial charge < -0.3 is 9.88 Å². The molecule has 1 aromatic rings. The lowest BCUT2D eigenvalue weighted by atomic mass is 10.4. The van der Waals surface area contributed by atoms with Crippen LogP contribution in [0.1, 0.15) is 12.7 Å². The van der Waals surface area contributed by atoms with Crippen molar-refractivity contribution >= 4 is 0 Å². The van der Waals surface area contributed by atoms with E-state index in [0.29, 0.717) is 0 Å². The molecule has 1 rings (SSSR count).